The molecule has 18 heavy (non-hydrogen) atoms. The van der Waals surface area contributed by atoms with Crippen LogP contribution in [-0.2, 0) is 16.1 Å². The van der Waals surface area contributed by atoms with Crippen molar-refractivity contribution in [3.8, 4) is 0 Å². The molecule has 2 unspecified atom stereocenters. The number of rotatable bonds is 5. The Morgan fingerprint density at radius 1 is 1.72 bits per heavy atom. The van der Waals surface area contributed by atoms with E-state index in [-0.39, 0.29) is 12.5 Å². The number of primary amides is 1. The number of carbonyl (C=O) groups excluding carboxylic acids is 1. The SMILES string of the molecule is CCC1CC(Nc2cnn(CC(N)=O)c2)CCO1. The van der Waals surface area contributed by atoms with Crippen molar-refractivity contribution in [2.45, 2.75) is 44.9 Å². The third-order valence-electron chi connectivity index (χ3n) is 3.14. The highest BCUT2D eigenvalue weighted by Crippen LogP contribution is 2.20. The quantitative estimate of drug-likeness (QED) is 0.809. The van der Waals surface area contributed by atoms with Gasteiger partial charge in [0.1, 0.15) is 6.54 Å². The number of amides is 1. The lowest BCUT2D eigenvalue weighted by Gasteiger charge is -2.29. The van der Waals surface area contributed by atoms with Crippen LogP contribution in [0.3, 0.4) is 0 Å². The monoisotopic (exact) mass is 252 g/mol. The largest absolute Gasteiger partial charge is 0.380 e. The Kier molecular flexibility index (Phi) is 4.19. The van der Waals surface area contributed by atoms with E-state index in [1.807, 2.05) is 0 Å². The van der Waals surface area contributed by atoms with E-state index < -0.39 is 0 Å². The Labute approximate surface area is 106 Å². The molecule has 1 saturated heterocycles. The molecule has 0 aromatic carbocycles. The van der Waals surface area contributed by atoms with E-state index >= 15 is 0 Å². The molecule has 0 radical (unpaired) electrons. The minimum atomic E-state index is -0.387. The maximum Gasteiger partial charge on any atom is 0.239 e. The maximum absolute atomic E-state index is 10.8. The van der Waals surface area contributed by atoms with Gasteiger partial charge < -0.3 is 15.8 Å². The van der Waals surface area contributed by atoms with E-state index in [0.717, 1.165) is 31.6 Å². The van der Waals surface area contributed by atoms with Gasteiger partial charge in [-0.15, -0.1) is 0 Å². The smallest absolute Gasteiger partial charge is 0.239 e. The van der Waals surface area contributed by atoms with Crippen molar-refractivity contribution in [1.29, 1.82) is 0 Å². The van der Waals surface area contributed by atoms with Gasteiger partial charge in [0.2, 0.25) is 5.91 Å². The summed E-state index contributed by atoms with van der Waals surface area (Å²) in [6.45, 7) is 3.05. The van der Waals surface area contributed by atoms with Crippen molar-refractivity contribution in [2.24, 2.45) is 5.73 Å². The molecule has 1 aromatic rings. The summed E-state index contributed by atoms with van der Waals surface area (Å²) >= 11 is 0. The molecule has 2 rings (SSSR count). The van der Waals surface area contributed by atoms with Gasteiger partial charge in [-0.25, -0.2) is 0 Å². The molecule has 6 heteroatoms. The Bertz CT molecular complexity index is 405. The van der Waals surface area contributed by atoms with Gasteiger partial charge in [-0.2, -0.15) is 5.10 Å². The normalized spacial score (nSPS) is 23.8. The summed E-state index contributed by atoms with van der Waals surface area (Å²) in [5, 5.41) is 7.51. The van der Waals surface area contributed by atoms with Crippen LogP contribution in [0.5, 0.6) is 0 Å². The van der Waals surface area contributed by atoms with E-state index in [4.69, 9.17) is 10.5 Å². The van der Waals surface area contributed by atoms with Crippen LogP contribution in [-0.4, -0.2) is 34.4 Å². The first-order chi connectivity index (χ1) is 8.67. The summed E-state index contributed by atoms with van der Waals surface area (Å²) in [7, 11) is 0. The van der Waals surface area contributed by atoms with Crippen molar-refractivity contribution in [3.63, 3.8) is 0 Å². The zero-order valence-electron chi connectivity index (χ0n) is 10.6. The van der Waals surface area contributed by atoms with Crippen LogP contribution < -0.4 is 11.1 Å². The first kappa shape index (κ1) is 12.9. The molecule has 0 bridgehead atoms. The summed E-state index contributed by atoms with van der Waals surface area (Å²) in [4.78, 5) is 10.8. The van der Waals surface area contributed by atoms with E-state index in [2.05, 4.69) is 17.3 Å². The number of hydrogen-bond acceptors (Lipinski definition) is 4. The number of aromatic nitrogens is 2. The zero-order valence-corrected chi connectivity index (χ0v) is 10.6. The third-order valence-corrected chi connectivity index (χ3v) is 3.14. The maximum atomic E-state index is 10.8. The third kappa shape index (κ3) is 3.46. The number of nitrogens with zero attached hydrogens (tertiary/aromatic N) is 2. The second-order valence-corrected chi connectivity index (χ2v) is 4.66. The average molecular weight is 252 g/mol. The Morgan fingerprint density at radius 3 is 3.28 bits per heavy atom. The van der Waals surface area contributed by atoms with Crippen LogP contribution in [0.4, 0.5) is 5.69 Å². The Morgan fingerprint density at radius 2 is 2.56 bits per heavy atom. The van der Waals surface area contributed by atoms with Gasteiger partial charge in [-0.3, -0.25) is 9.48 Å². The van der Waals surface area contributed by atoms with Crippen LogP contribution in [0.25, 0.3) is 0 Å². The molecular weight excluding hydrogens is 232 g/mol. The fourth-order valence-electron chi connectivity index (χ4n) is 2.22. The predicted molar refractivity (Wildman–Crippen MR) is 68.1 cm³/mol. The molecule has 2 atom stereocenters. The molecule has 1 amide bonds. The van der Waals surface area contributed by atoms with Gasteiger partial charge in [0.25, 0.3) is 0 Å². The molecule has 1 fully saturated rings. The minimum absolute atomic E-state index is 0.118. The summed E-state index contributed by atoms with van der Waals surface area (Å²) in [5.74, 6) is -0.387. The number of anilines is 1. The highest BCUT2D eigenvalue weighted by atomic mass is 16.5. The summed E-state index contributed by atoms with van der Waals surface area (Å²) in [5.41, 5.74) is 6.05. The first-order valence-electron chi connectivity index (χ1n) is 6.36. The summed E-state index contributed by atoms with van der Waals surface area (Å²) in [6.07, 6.45) is 6.92. The highest BCUT2D eigenvalue weighted by molar-refractivity contribution is 5.73. The second kappa shape index (κ2) is 5.86. The number of ether oxygens (including phenoxy) is 1. The fraction of sp³-hybridized carbons (Fsp3) is 0.667. The molecule has 1 aromatic heterocycles. The van der Waals surface area contributed by atoms with E-state index in [0.29, 0.717) is 12.1 Å². The second-order valence-electron chi connectivity index (χ2n) is 4.66. The molecule has 0 saturated carbocycles. The van der Waals surface area contributed by atoms with Gasteiger partial charge in [-0.05, 0) is 19.3 Å². The number of carbonyl (C=O) groups is 1. The van der Waals surface area contributed by atoms with E-state index in [9.17, 15) is 4.79 Å². The van der Waals surface area contributed by atoms with E-state index in [1.54, 1.807) is 17.1 Å². The molecule has 3 N–H and O–H groups in total. The van der Waals surface area contributed by atoms with Crippen LogP contribution in [0.2, 0.25) is 0 Å². The van der Waals surface area contributed by atoms with Crippen LogP contribution >= 0.6 is 0 Å². The van der Waals surface area contributed by atoms with Crippen LogP contribution in [0.15, 0.2) is 12.4 Å². The molecule has 1 aliphatic rings. The molecule has 1 aliphatic heterocycles. The standard InChI is InChI=1S/C12H20N4O2/c1-2-11-5-9(3-4-18-11)15-10-6-14-16(7-10)8-12(13)17/h6-7,9,11,15H,2-5,8H2,1H3,(H2,13,17). The zero-order chi connectivity index (χ0) is 13.0. The lowest BCUT2D eigenvalue weighted by molar-refractivity contribution is -0.118. The predicted octanol–water partition coefficient (Wildman–Crippen LogP) is 0.738. The van der Waals surface area contributed by atoms with Crippen molar-refractivity contribution >= 4 is 11.6 Å². The van der Waals surface area contributed by atoms with Gasteiger partial charge in [-0.1, -0.05) is 6.92 Å². The average Bonchev–Trinajstić information content (AvgIpc) is 2.76. The number of nitrogens with two attached hydrogens (primary N) is 1. The number of hydrogen-bond donors (Lipinski definition) is 2. The van der Waals surface area contributed by atoms with Crippen molar-refractivity contribution in [3.05, 3.63) is 12.4 Å². The molecule has 0 spiro atoms. The van der Waals surface area contributed by atoms with Gasteiger partial charge in [0.05, 0.1) is 18.0 Å². The van der Waals surface area contributed by atoms with Gasteiger partial charge in [0, 0.05) is 18.8 Å². The Hall–Kier alpha value is -1.56. The first-order valence-corrected chi connectivity index (χ1v) is 6.36. The molecule has 2 heterocycles. The van der Waals surface area contributed by atoms with Crippen LogP contribution in [0.1, 0.15) is 26.2 Å². The van der Waals surface area contributed by atoms with Gasteiger partial charge in [0.15, 0.2) is 0 Å². The highest BCUT2D eigenvalue weighted by Gasteiger charge is 2.21. The van der Waals surface area contributed by atoms with Crippen LogP contribution in [0, 0.1) is 0 Å². The topological polar surface area (TPSA) is 82.2 Å². The summed E-state index contributed by atoms with van der Waals surface area (Å²) < 4.78 is 7.17. The molecule has 100 valence electrons. The number of nitrogens with one attached hydrogen (secondary N) is 1. The van der Waals surface area contributed by atoms with Crippen molar-refractivity contribution in [2.75, 3.05) is 11.9 Å². The lowest BCUT2D eigenvalue weighted by Crippen LogP contribution is -2.33. The Balaban J connectivity index is 1.88. The lowest BCUT2D eigenvalue weighted by atomic mass is 10.0. The van der Waals surface area contributed by atoms with Crippen molar-refractivity contribution in [1.82, 2.24) is 9.78 Å². The van der Waals surface area contributed by atoms with Gasteiger partial charge >= 0.3 is 0 Å². The molecule has 0 aliphatic carbocycles. The fourth-order valence-corrected chi connectivity index (χ4v) is 2.22. The van der Waals surface area contributed by atoms with Crippen molar-refractivity contribution < 1.29 is 9.53 Å². The summed E-state index contributed by atoms with van der Waals surface area (Å²) in [6, 6.07) is 0.412. The minimum Gasteiger partial charge on any atom is -0.380 e. The van der Waals surface area contributed by atoms with E-state index in [1.165, 1.54) is 0 Å². The molecule has 6 nitrogen and oxygen atoms in total. The molecular formula is C12H20N4O2.